The van der Waals surface area contributed by atoms with Gasteiger partial charge >= 0.3 is 12.1 Å². The average molecular weight is 242 g/mol. The van der Waals surface area contributed by atoms with Crippen LogP contribution in [0.25, 0.3) is 0 Å². The summed E-state index contributed by atoms with van der Waals surface area (Å²) >= 11 is 0. The second-order valence-corrected chi connectivity index (χ2v) is 3.05. The Kier molecular flexibility index (Phi) is 3.46. The molecule has 1 aromatic rings. The summed E-state index contributed by atoms with van der Waals surface area (Å²) in [6.07, 6.45) is 0. The molecule has 0 aliphatic rings. The first-order chi connectivity index (χ1) is 7.84. The predicted octanol–water partition coefficient (Wildman–Crippen LogP) is -0.657. The lowest BCUT2D eigenvalue weighted by molar-refractivity contribution is 0.253. The third-order valence-corrected chi connectivity index (χ3v) is 1.94. The Morgan fingerprint density at radius 2 is 1.59 bits per heavy atom. The lowest BCUT2D eigenvalue weighted by atomic mass is 10.2. The van der Waals surface area contributed by atoms with Gasteiger partial charge in [-0.2, -0.15) is 0 Å². The molecule has 0 saturated carbocycles. The van der Waals surface area contributed by atoms with Crippen molar-refractivity contribution >= 4 is 23.4 Å². The van der Waals surface area contributed by atoms with Gasteiger partial charge in [-0.3, -0.25) is 0 Å². The first-order valence-corrected chi connectivity index (χ1v) is 4.32. The zero-order chi connectivity index (χ0) is 13.2. The van der Waals surface area contributed by atoms with Crippen molar-refractivity contribution < 1.29 is 14.0 Å². The van der Waals surface area contributed by atoms with Crippen molar-refractivity contribution in [2.75, 3.05) is 10.0 Å². The summed E-state index contributed by atoms with van der Waals surface area (Å²) in [6, 6.07) is 1.29. The van der Waals surface area contributed by atoms with Crippen molar-refractivity contribution in [3.8, 4) is 0 Å². The van der Waals surface area contributed by atoms with Crippen molar-refractivity contribution in [1.82, 2.24) is 0 Å². The van der Waals surface area contributed by atoms with Crippen LogP contribution in [0.15, 0.2) is 18.2 Å². The fraction of sp³-hybridized carbons (Fsp3) is 0. The van der Waals surface area contributed by atoms with Crippen LogP contribution in [0.3, 0.4) is 0 Å². The molecule has 0 fully saturated rings. The van der Waals surface area contributed by atoms with Gasteiger partial charge in [0.1, 0.15) is 0 Å². The minimum atomic E-state index is -1.03. The van der Waals surface area contributed by atoms with Gasteiger partial charge in [-0.25, -0.2) is 35.7 Å². The number of primary amides is 2. The first-order valence-electron chi connectivity index (χ1n) is 4.32. The molecular formula is C8H11FN6O2. The van der Waals surface area contributed by atoms with Crippen molar-refractivity contribution in [3.05, 3.63) is 24.0 Å². The fourth-order valence-corrected chi connectivity index (χ4v) is 1.09. The molecule has 1 aromatic carbocycles. The monoisotopic (exact) mass is 242 g/mol. The Morgan fingerprint density at radius 1 is 1.06 bits per heavy atom. The molecule has 0 saturated heterocycles. The number of hydrogen-bond acceptors (Lipinski definition) is 4. The van der Waals surface area contributed by atoms with E-state index in [1.807, 2.05) is 0 Å². The number of carbonyl (C=O) groups excluding carboxylic acids is 2. The lowest BCUT2D eigenvalue weighted by Crippen LogP contribution is -2.43. The summed E-state index contributed by atoms with van der Waals surface area (Å²) in [7, 11) is 0. The number of urea groups is 2. The Hall–Kier alpha value is -2.39. The number of hydrogen-bond donors (Lipinski definition) is 4. The SMILES string of the molecule is NC(=O)N(N)c1ccc(N(N)C(N)=O)c(F)c1. The molecule has 0 bridgehead atoms. The van der Waals surface area contributed by atoms with E-state index in [9.17, 15) is 14.0 Å². The van der Waals surface area contributed by atoms with Crippen LogP contribution >= 0.6 is 0 Å². The molecule has 0 aliphatic carbocycles. The summed E-state index contributed by atoms with van der Waals surface area (Å²) < 4.78 is 13.5. The van der Waals surface area contributed by atoms with Gasteiger partial charge in [0.15, 0.2) is 5.82 Å². The van der Waals surface area contributed by atoms with Gasteiger partial charge < -0.3 is 11.5 Å². The average Bonchev–Trinajstić information content (AvgIpc) is 2.26. The number of hydrazine groups is 2. The fourth-order valence-electron chi connectivity index (χ4n) is 1.09. The zero-order valence-corrected chi connectivity index (χ0v) is 8.63. The highest BCUT2D eigenvalue weighted by atomic mass is 19.1. The number of nitrogens with zero attached hydrogens (tertiary/aromatic N) is 2. The van der Waals surface area contributed by atoms with Crippen LogP contribution in [-0.4, -0.2) is 12.1 Å². The van der Waals surface area contributed by atoms with Crippen LogP contribution in [0.1, 0.15) is 0 Å². The highest BCUT2D eigenvalue weighted by molar-refractivity contribution is 5.91. The van der Waals surface area contributed by atoms with Gasteiger partial charge in [-0.15, -0.1) is 0 Å². The molecule has 92 valence electrons. The van der Waals surface area contributed by atoms with Gasteiger partial charge in [0.2, 0.25) is 0 Å². The third kappa shape index (κ3) is 2.59. The van der Waals surface area contributed by atoms with Gasteiger partial charge in [0.05, 0.1) is 11.4 Å². The predicted molar refractivity (Wildman–Crippen MR) is 58.9 cm³/mol. The maximum atomic E-state index is 13.5. The molecule has 1 rings (SSSR count). The molecule has 0 unspecified atom stereocenters. The lowest BCUT2D eigenvalue weighted by Gasteiger charge is -2.17. The molecule has 8 N–H and O–H groups in total. The highest BCUT2D eigenvalue weighted by Gasteiger charge is 2.15. The molecule has 8 nitrogen and oxygen atoms in total. The summed E-state index contributed by atoms with van der Waals surface area (Å²) in [4.78, 5) is 21.5. The van der Waals surface area contributed by atoms with E-state index in [4.69, 9.17) is 23.2 Å². The topological polar surface area (TPSA) is 145 Å². The van der Waals surface area contributed by atoms with Crippen molar-refractivity contribution in [1.29, 1.82) is 0 Å². The number of nitrogens with two attached hydrogens (primary N) is 4. The summed E-state index contributed by atoms with van der Waals surface area (Å²) in [5.74, 6) is 9.58. The normalized spacial score (nSPS) is 9.82. The Morgan fingerprint density at radius 3 is 2.00 bits per heavy atom. The molecule has 0 aliphatic heterocycles. The molecule has 0 aromatic heterocycles. The van der Waals surface area contributed by atoms with Crippen molar-refractivity contribution in [2.45, 2.75) is 0 Å². The van der Waals surface area contributed by atoms with E-state index in [0.29, 0.717) is 10.0 Å². The Labute approximate surface area is 95.5 Å². The summed E-state index contributed by atoms with van der Waals surface area (Å²) in [5, 5.41) is 0.961. The van der Waals surface area contributed by atoms with E-state index in [1.54, 1.807) is 0 Å². The molecule has 0 heterocycles. The maximum Gasteiger partial charge on any atom is 0.333 e. The smallest absolute Gasteiger partial charge is 0.333 e. The molecule has 17 heavy (non-hydrogen) atoms. The quantitative estimate of drug-likeness (QED) is 0.310. The molecule has 4 amide bonds. The standard InChI is InChI=1S/C8H11FN6O2/c9-5-3-4(14(12)7(10)16)1-2-6(5)15(13)8(11)17/h1-3H,12-13H2,(H2,10,16)(H2,11,17). The maximum absolute atomic E-state index is 13.5. The molecular weight excluding hydrogens is 231 g/mol. The number of anilines is 2. The van der Waals surface area contributed by atoms with E-state index in [2.05, 4.69) is 0 Å². The Balaban J connectivity index is 3.10. The van der Waals surface area contributed by atoms with Crippen LogP contribution in [0.5, 0.6) is 0 Å². The number of benzene rings is 1. The minimum Gasteiger partial charge on any atom is -0.350 e. The number of halogens is 1. The number of rotatable bonds is 2. The molecule has 0 radical (unpaired) electrons. The number of amides is 4. The van der Waals surface area contributed by atoms with Crippen LogP contribution < -0.4 is 33.2 Å². The van der Waals surface area contributed by atoms with E-state index in [1.165, 1.54) is 6.07 Å². The van der Waals surface area contributed by atoms with E-state index in [0.717, 1.165) is 12.1 Å². The largest absolute Gasteiger partial charge is 0.350 e. The van der Waals surface area contributed by atoms with Crippen molar-refractivity contribution in [2.24, 2.45) is 23.2 Å². The van der Waals surface area contributed by atoms with Crippen LogP contribution in [0.2, 0.25) is 0 Å². The minimum absolute atomic E-state index is 0.0108. The van der Waals surface area contributed by atoms with Gasteiger partial charge in [0, 0.05) is 6.07 Å². The second-order valence-electron chi connectivity index (χ2n) is 3.05. The molecule has 0 spiro atoms. The third-order valence-electron chi connectivity index (χ3n) is 1.94. The second kappa shape index (κ2) is 4.63. The van der Waals surface area contributed by atoms with Crippen LogP contribution in [0, 0.1) is 5.82 Å². The van der Waals surface area contributed by atoms with Gasteiger partial charge in [-0.1, -0.05) is 0 Å². The van der Waals surface area contributed by atoms with Crippen LogP contribution in [-0.2, 0) is 0 Å². The summed E-state index contributed by atoms with van der Waals surface area (Å²) in [6.45, 7) is 0. The van der Waals surface area contributed by atoms with E-state index < -0.39 is 17.9 Å². The van der Waals surface area contributed by atoms with Gasteiger partial charge in [-0.05, 0) is 12.1 Å². The first kappa shape index (κ1) is 12.7. The summed E-state index contributed by atoms with van der Waals surface area (Å²) in [5.41, 5.74) is 9.52. The highest BCUT2D eigenvalue weighted by Crippen LogP contribution is 2.22. The van der Waals surface area contributed by atoms with E-state index in [-0.39, 0.29) is 11.4 Å². The molecule has 0 atom stereocenters. The number of carbonyl (C=O) groups is 2. The Bertz CT molecular complexity index is 465. The van der Waals surface area contributed by atoms with E-state index >= 15 is 0 Å². The zero-order valence-electron chi connectivity index (χ0n) is 8.63. The molecule has 9 heteroatoms. The van der Waals surface area contributed by atoms with Gasteiger partial charge in [0.25, 0.3) is 0 Å². The van der Waals surface area contributed by atoms with Crippen LogP contribution in [0.4, 0.5) is 25.4 Å². The van der Waals surface area contributed by atoms with Crippen molar-refractivity contribution in [3.63, 3.8) is 0 Å².